The van der Waals surface area contributed by atoms with Gasteiger partial charge in [0.05, 0.1) is 0 Å². The molecule has 1 aliphatic rings. The topological polar surface area (TPSA) is 42.9 Å². The number of allylic oxidation sites excluding steroid dienone is 2. The molecule has 0 atom stereocenters. The fraction of sp³-hybridized carbons (Fsp3) is 0.125. The van der Waals surface area contributed by atoms with E-state index in [9.17, 15) is 4.79 Å². The highest BCUT2D eigenvalue weighted by atomic mass is 16.1. The minimum atomic E-state index is 0.120. The number of ketones is 1. The molecule has 1 saturated carbocycles. The van der Waals surface area contributed by atoms with Gasteiger partial charge in [-0.25, -0.2) is 0 Å². The second-order valence-electron chi connectivity index (χ2n) is 6.76. The van der Waals surface area contributed by atoms with Crippen molar-refractivity contribution in [3.05, 3.63) is 107 Å². The highest BCUT2D eigenvalue weighted by molar-refractivity contribution is 6.14. The summed E-state index contributed by atoms with van der Waals surface area (Å²) in [7, 11) is 0. The second kappa shape index (κ2) is 7.92. The van der Waals surface area contributed by atoms with E-state index >= 15 is 0 Å². The van der Waals surface area contributed by atoms with Crippen LogP contribution in [-0.2, 0) is 4.79 Å². The van der Waals surface area contributed by atoms with Gasteiger partial charge in [-0.3, -0.25) is 14.8 Å². The lowest BCUT2D eigenvalue weighted by molar-refractivity contribution is -0.113. The van der Waals surface area contributed by atoms with Crippen LogP contribution in [0.4, 0.5) is 0 Å². The van der Waals surface area contributed by atoms with Crippen molar-refractivity contribution in [2.75, 3.05) is 0 Å². The average Bonchev–Trinajstić information content (AvgIpc) is 2.73. The zero-order valence-corrected chi connectivity index (χ0v) is 15.0. The van der Waals surface area contributed by atoms with Gasteiger partial charge in [-0.15, -0.1) is 0 Å². The predicted molar refractivity (Wildman–Crippen MR) is 108 cm³/mol. The molecule has 3 aromatic rings. The van der Waals surface area contributed by atoms with Crippen LogP contribution in [0, 0.1) is 0 Å². The molecule has 27 heavy (non-hydrogen) atoms. The SMILES string of the molecule is O=C1/C(=C/c2cccnc2)CC(c2ccccc2)C/C1=C\c1cccnc1. The monoisotopic (exact) mass is 352 g/mol. The summed E-state index contributed by atoms with van der Waals surface area (Å²) in [6.45, 7) is 0. The summed E-state index contributed by atoms with van der Waals surface area (Å²) in [5, 5.41) is 0. The van der Waals surface area contributed by atoms with Crippen molar-refractivity contribution >= 4 is 17.9 Å². The quantitative estimate of drug-likeness (QED) is 0.617. The first-order valence-electron chi connectivity index (χ1n) is 9.10. The first-order valence-corrected chi connectivity index (χ1v) is 9.10. The Bertz CT molecular complexity index is 915. The summed E-state index contributed by atoms with van der Waals surface area (Å²) in [6, 6.07) is 18.2. The number of Topliss-reactive ketones (excluding diaryl/α,β-unsaturated/α-hetero) is 1. The van der Waals surface area contributed by atoms with E-state index in [1.54, 1.807) is 24.8 Å². The zero-order valence-electron chi connectivity index (χ0n) is 15.0. The molecule has 0 unspecified atom stereocenters. The molecular formula is C24H20N2O. The summed E-state index contributed by atoms with van der Waals surface area (Å²) >= 11 is 0. The van der Waals surface area contributed by atoms with Crippen LogP contribution < -0.4 is 0 Å². The lowest BCUT2D eigenvalue weighted by Crippen LogP contribution is -2.19. The summed E-state index contributed by atoms with van der Waals surface area (Å²) in [6.07, 6.45) is 12.5. The fourth-order valence-electron chi connectivity index (χ4n) is 3.53. The molecular weight excluding hydrogens is 332 g/mol. The smallest absolute Gasteiger partial charge is 0.185 e. The normalized spacial score (nSPS) is 20.1. The van der Waals surface area contributed by atoms with E-state index in [1.165, 1.54) is 5.56 Å². The third kappa shape index (κ3) is 4.09. The van der Waals surface area contributed by atoms with Gasteiger partial charge in [0.25, 0.3) is 0 Å². The third-order valence-corrected chi connectivity index (χ3v) is 4.84. The molecule has 0 amide bonds. The Hall–Kier alpha value is -3.33. The van der Waals surface area contributed by atoms with Crippen molar-refractivity contribution in [1.82, 2.24) is 9.97 Å². The Morgan fingerprint density at radius 2 is 1.30 bits per heavy atom. The zero-order chi connectivity index (χ0) is 18.5. The summed E-state index contributed by atoms with van der Waals surface area (Å²) in [5.74, 6) is 0.407. The van der Waals surface area contributed by atoms with Gasteiger partial charge in [-0.2, -0.15) is 0 Å². The van der Waals surface area contributed by atoms with Gasteiger partial charge in [-0.05, 0) is 59.7 Å². The highest BCUT2D eigenvalue weighted by Crippen LogP contribution is 2.38. The van der Waals surface area contributed by atoms with E-state index < -0.39 is 0 Å². The van der Waals surface area contributed by atoms with Crippen molar-refractivity contribution in [1.29, 1.82) is 0 Å². The highest BCUT2D eigenvalue weighted by Gasteiger charge is 2.28. The maximum atomic E-state index is 13.1. The van der Waals surface area contributed by atoms with Crippen molar-refractivity contribution in [2.24, 2.45) is 0 Å². The number of hydrogen-bond acceptors (Lipinski definition) is 3. The summed E-state index contributed by atoms with van der Waals surface area (Å²) in [5.41, 5.74) is 4.83. The number of nitrogens with zero attached hydrogens (tertiary/aromatic N) is 2. The van der Waals surface area contributed by atoms with Crippen molar-refractivity contribution in [3.8, 4) is 0 Å². The first-order chi connectivity index (χ1) is 13.3. The van der Waals surface area contributed by atoms with Gasteiger partial charge in [0.2, 0.25) is 0 Å². The van der Waals surface area contributed by atoms with Gasteiger partial charge in [0.15, 0.2) is 5.78 Å². The minimum Gasteiger partial charge on any atom is -0.289 e. The number of rotatable bonds is 3. The van der Waals surface area contributed by atoms with Crippen LogP contribution in [-0.4, -0.2) is 15.8 Å². The first kappa shape index (κ1) is 17.1. The van der Waals surface area contributed by atoms with Crippen molar-refractivity contribution in [2.45, 2.75) is 18.8 Å². The van der Waals surface area contributed by atoms with Gasteiger partial charge in [0.1, 0.15) is 0 Å². The lowest BCUT2D eigenvalue weighted by Gasteiger charge is -2.26. The van der Waals surface area contributed by atoms with Crippen molar-refractivity contribution < 1.29 is 4.79 Å². The third-order valence-electron chi connectivity index (χ3n) is 4.84. The van der Waals surface area contributed by atoms with E-state index in [2.05, 4.69) is 34.2 Å². The Morgan fingerprint density at radius 1 is 0.741 bits per heavy atom. The van der Waals surface area contributed by atoms with Crippen molar-refractivity contribution in [3.63, 3.8) is 0 Å². The maximum Gasteiger partial charge on any atom is 0.185 e. The Balaban J connectivity index is 1.74. The fourth-order valence-corrected chi connectivity index (χ4v) is 3.53. The molecule has 1 aliphatic carbocycles. The van der Waals surface area contributed by atoms with E-state index in [0.717, 1.165) is 35.1 Å². The lowest BCUT2D eigenvalue weighted by atomic mass is 9.77. The van der Waals surface area contributed by atoms with Crippen LogP contribution >= 0.6 is 0 Å². The Labute approximate surface area is 159 Å². The molecule has 3 heteroatoms. The standard InChI is InChI=1S/C24H20N2O/c27-24-22(12-18-6-4-10-25-16-18)14-21(20-8-2-1-3-9-20)15-23(24)13-19-7-5-11-26-17-19/h1-13,16-17,21H,14-15H2/b22-12+,23-13+. The number of carbonyl (C=O) groups excluding carboxylic acids is 1. The van der Waals surface area contributed by atoms with Crippen LogP contribution in [0.3, 0.4) is 0 Å². The number of carbonyl (C=O) groups is 1. The van der Waals surface area contributed by atoms with Gasteiger partial charge >= 0.3 is 0 Å². The van der Waals surface area contributed by atoms with E-state index in [1.807, 2.05) is 42.5 Å². The van der Waals surface area contributed by atoms with Gasteiger partial charge in [0, 0.05) is 35.9 Å². The van der Waals surface area contributed by atoms with Gasteiger partial charge in [-0.1, -0.05) is 42.5 Å². The molecule has 1 aromatic carbocycles. The van der Waals surface area contributed by atoms with Crippen LogP contribution in [0.2, 0.25) is 0 Å². The minimum absolute atomic E-state index is 0.120. The maximum absolute atomic E-state index is 13.1. The molecule has 2 heterocycles. The molecule has 132 valence electrons. The predicted octanol–water partition coefficient (Wildman–Crippen LogP) is 5.09. The molecule has 0 saturated heterocycles. The van der Waals surface area contributed by atoms with Crippen LogP contribution in [0.25, 0.3) is 12.2 Å². The van der Waals surface area contributed by atoms with Crippen LogP contribution in [0.1, 0.15) is 35.4 Å². The molecule has 0 N–H and O–H groups in total. The van der Waals surface area contributed by atoms with E-state index in [-0.39, 0.29) is 11.7 Å². The molecule has 3 nitrogen and oxygen atoms in total. The Kier molecular flexibility index (Phi) is 5.01. The molecule has 0 radical (unpaired) electrons. The average molecular weight is 352 g/mol. The van der Waals surface area contributed by atoms with E-state index in [0.29, 0.717) is 0 Å². The summed E-state index contributed by atoms with van der Waals surface area (Å²) < 4.78 is 0. The summed E-state index contributed by atoms with van der Waals surface area (Å²) in [4.78, 5) is 21.5. The number of hydrogen-bond donors (Lipinski definition) is 0. The molecule has 0 bridgehead atoms. The number of aromatic nitrogens is 2. The molecule has 0 spiro atoms. The number of pyridine rings is 2. The van der Waals surface area contributed by atoms with E-state index in [4.69, 9.17) is 0 Å². The van der Waals surface area contributed by atoms with Gasteiger partial charge < -0.3 is 0 Å². The largest absolute Gasteiger partial charge is 0.289 e. The molecule has 4 rings (SSSR count). The molecule has 2 aromatic heterocycles. The molecule has 0 aliphatic heterocycles. The second-order valence-corrected chi connectivity index (χ2v) is 6.76. The van der Waals surface area contributed by atoms with Crippen LogP contribution in [0.5, 0.6) is 0 Å². The van der Waals surface area contributed by atoms with Crippen LogP contribution in [0.15, 0.2) is 90.5 Å². The number of benzene rings is 1. The molecule has 1 fully saturated rings. The Morgan fingerprint density at radius 3 is 1.78 bits per heavy atom.